The van der Waals surface area contributed by atoms with Crippen LogP contribution in [0.5, 0.6) is 0 Å². The van der Waals surface area contributed by atoms with Crippen LogP contribution in [0.3, 0.4) is 0 Å². The molecule has 2 aliphatic rings. The Hall–Kier alpha value is -2.55. The van der Waals surface area contributed by atoms with Crippen molar-refractivity contribution in [1.29, 1.82) is 0 Å². The van der Waals surface area contributed by atoms with Crippen LogP contribution in [0.15, 0.2) is 35.5 Å². The van der Waals surface area contributed by atoms with E-state index in [4.69, 9.17) is 4.74 Å². The number of nitrogens with zero attached hydrogens (tertiary/aromatic N) is 1. The van der Waals surface area contributed by atoms with Gasteiger partial charge in [0.05, 0.1) is 23.8 Å². The van der Waals surface area contributed by atoms with Crippen molar-refractivity contribution in [3.63, 3.8) is 0 Å². The number of carbonyl (C=O) groups is 2. The van der Waals surface area contributed by atoms with E-state index in [0.717, 1.165) is 37.0 Å². The second-order valence-electron chi connectivity index (χ2n) is 7.53. The van der Waals surface area contributed by atoms with Crippen molar-refractivity contribution in [2.24, 2.45) is 0 Å². The number of likely N-dealkylation sites (tertiary alicyclic amines) is 1. The van der Waals surface area contributed by atoms with Crippen LogP contribution in [-0.2, 0) is 15.7 Å². The third-order valence-corrected chi connectivity index (χ3v) is 5.46. The number of amides is 2. The summed E-state index contributed by atoms with van der Waals surface area (Å²) < 4.78 is 43.8. The molecule has 30 heavy (non-hydrogen) atoms. The van der Waals surface area contributed by atoms with Gasteiger partial charge in [-0.15, -0.1) is 0 Å². The molecule has 2 unspecified atom stereocenters. The molecule has 0 saturated carbocycles. The van der Waals surface area contributed by atoms with E-state index in [9.17, 15) is 22.8 Å². The standard InChI is InChI=1S/C21H26F3N3O3/c1-3-30-19(28)18-13(2)25-20(29)26-16(18)12-27-11-5-4-6-17(27)14-7-9-15(10-8-14)21(22,23)24/h7-10,13,17H,3-6,11-12H2,1-2H3,(H2,25,26,29). The summed E-state index contributed by atoms with van der Waals surface area (Å²) in [5.41, 5.74) is 0.950. The van der Waals surface area contributed by atoms with Crippen molar-refractivity contribution in [2.45, 2.75) is 51.4 Å². The smallest absolute Gasteiger partial charge is 0.416 e. The number of hydrogen-bond donors (Lipinski definition) is 2. The lowest BCUT2D eigenvalue weighted by Gasteiger charge is -2.38. The number of esters is 1. The Bertz CT molecular complexity index is 821. The minimum absolute atomic E-state index is 0.0981. The number of rotatable bonds is 5. The third-order valence-electron chi connectivity index (χ3n) is 5.46. The van der Waals surface area contributed by atoms with Crippen molar-refractivity contribution in [3.8, 4) is 0 Å². The van der Waals surface area contributed by atoms with E-state index < -0.39 is 29.8 Å². The molecule has 0 radical (unpaired) electrons. The predicted octanol–water partition coefficient (Wildman–Crippen LogP) is 3.75. The van der Waals surface area contributed by atoms with Gasteiger partial charge in [0, 0.05) is 18.3 Å². The van der Waals surface area contributed by atoms with Gasteiger partial charge < -0.3 is 15.4 Å². The van der Waals surface area contributed by atoms with E-state index in [2.05, 4.69) is 15.5 Å². The Morgan fingerprint density at radius 2 is 1.93 bits per heavy atom. The van der Waals surface area contributed by atoms with Gasteiger partial charge in [0.2, 0.25) is 0 Å². The zero-order valence-corrected chi connectivity index (χ0v) is 17.0. The lowest BCUT2D eigenvalue weighted by molar-refractivity contribution is -0.139. The number of piperidine rings is 1. The molecule has 2 aliphatic heterocycles. The fourth-order valence-corrected chi connectivity index (χ4v) is 4.06. The summed E-state index contributed by atoms with van der Waals surface area (Å²) in [6, 6.07) is 4.22. The molecule has 1 fully saturated rings. The monoisotopic (exact) mass is 425 g/mol. The van der Waals surface area contributed by atoms with Gasteiger partial charge >= 0.3 is 18.2 Å². The van der Waals surface area contributed by atoms with E-state index in [1.165, 1.54) is 12.1 Å². The molecular weight excluding hydrogens is 399 g/mol. The van der Waals surface area contributed by atoms with Crippen LogP contribution in [0, 0.1) is 0 Å². The van der Waals surface area contributed by atoms with E-state index in [1.807, 2.05) is 0 Å². The molecule has 164 valence electrons. The lowest BCUT2D eigenvalue weighted by atomic mass is 9.93. The third kappa shape index (κ3) is 4.95. The molecule has 2 N–H and O–H groups in total. The molecular formula is C21H26F3N3O3. The maximum absolute atomic E-state index is 12.9. The summed E-state index contributed by atoms with van der Waals surface area (Å²) in [6.07, 6.45) is -1.70. The lowest BCUT2D eigenvalue weighted by Crippen LogP contribution is -2.51. The zero-order valence-electron chi connectivity index (χ0n) is 17.0. The summed E-state index contributed by atoms with van der Waals surface area (Å²) in [5, 5.41) is 5.39. The maximum atomic E-state index is 12.9. The highest BCUT2D eigenvalue weighted by Gasteiger charge is 2.34. The second-order valence-corrected chi connectivity index (χ2v) is 7.53. The molecule has 1 aromatic rings. The van der Waals surface area contributed by atoms with Gasteiger partial charge in [-0.1, -0.05) is 18.6 Å². The first-order valence-electron chi connectivity index (χ1n) is 10.1. The fourth-order valence-electron chi connectivity index (χ4n) is 4.06. The molecule has 6 nitrogen and oxygen atoms in total. The fraction of sp³-hybridized carbons (Fsp3) is 0.524. The van der Waals surface area contributed by atoms with Gasteiger partial charge in [0.1, 0.15) is 0 Å². The Morgan fingerprint density at radius 1 is 1.23 bits per heavy atom. The molecule has 2 heterocycles. The van der Waals surface area contributed by atoms with Crippen LogP contribution in [0.1, 0.15) is 50.3 Å². The van der Waals surface area contributed by atoms with Crippen LogP contribution in [0.4, 0.5) is 18.0 Å². The van der Waals surface area contributed by atoms with Gasteiger partial charge in [-0.25, -0.2) is 9.59 Å². The van der Waals surface area contributed by atoms with Gasteiger partial charge in [-0.05, 0) is 50.9 Å². The Labute approximate surface area is 173 Å². The maximum Gasteiger partial charge on any atom is 0.416 e. The molecule has 0 spiro atoms. The highest BCUT2D eigenvalue weighted by Crippen LogP contribution is 2.35. The predicted molar refractivity (Wildman–Crippen MR) is 104 cm³/mol. The summed E-state index contributed by atoms with van der Waals surface area (Å²) >= 11 is 0. The normalized spacial score (nSPS) is 23.0. The van der Waals surface area contributed by atoms with Gasteiger partial charge in [0.25, 0.3) is 0 Å². The highest BCUT2D eigenvalue weighted by molar-refractivity contribution is 5.94. The van der Waals surface area contributed by atoms with E-state index in [0.29, 0.717) is 24.4 Å². The number of urea groups is 1. The largest absolute Gasteiger partial charge is 0.463 e. The SMILES string of the molecule is CCOC(=O)C1=C(CN2CCCCC2c2ccc(C(F)(F)F)cc2)NC(=O)NC1C. The van der Waals surface area contributed by atoms with E-state index >= 15 is 0 Å². The molecule has 2 amide bonds. The number of carbonyl (C=O) groups excluding carboxylic acids is 2. The minimum atomic E-state index is -4.38. The molecule has 3 rings (SSSR count). The Balaban J connectivity index is 1.87. The summed E-state index contributed by atoms with van der Waals surface area (Å²) in [7, 11) is 0. The molecule has 0 aliphatic carbocycles. The number of ether oxygens (including phenoxy) is 1. The van der Waals surface area contributed by atoms with E-state index in [1.54, 1.807) is 13.8 Å². The minimum Gasteiger partial charge on any atom is -0.463 e. The van der Waals surface area contributed by atoms with Crippen molar-refractivity contribution in [1.82, 2.24) is 15.5 Å². The number of hydrogen-bond acceptors (Lipinski definition) is 4. The number of benzene rings is 1. The second kappa shape index (κ2) is 9.07. The molecule has 0 bridgehead atoms. The molecule has 1 aromatic carbocycles. The van der Waals surface area contributed by atoms with Crippen molar-refractivity contribution < 1.29 is 27.5 Å². The van der Waals surface area contributed by atoms with Gasteiger partial charge in [-0.2, -0.15) is 13.2 Å². The molecule has 2 atom stereocenters. The summed E-state index contributed by atoms with van der Waals surface area (Å²) in [6.45, 7) is 4.66. The van der Waals surface area contributed by atoms with Crippen molar-refractivity contribution in [2.75, 3.05) is 19.7 Å². The molecule has 1 saturated heterocycles. The Morgan fingerprint density at radius 3 is 2.57 bits per heavy atom. The van der Waals surface area contributed by atoms with E-state index in [-0.39, 0.29) is 12.6 Å². The van der Waals surface area contributed by atoms with Crippen LogP contribution in [0.2, 0.25) is 0 Å². The summed E-state index contributed by atoms with van der Waals surface area (Å²) in [4.78, 5) is 26.6. The van der Waals surface area contributed by atoms with Crippen LogP contribution < -0.4 is 10.6 Å². The molecule has 9 heteroatoms. The number of nitrogens with one attached hydrogen (secondary N) is 2. The van der Waals surface area contributed by atoms with Crippen LogP contribution in [0.25, 0.3) is 0 Å². The number of alkyl halides is 3. The highest BCUT2D eigenvalue weighted by atomic mass is 19.4. The number of halogens is 3. The quantitative estimate of drug-likeness (QED) is 0.705. The van der Waals surface area contributed by atoms with Crippen molar-refractivity contribution >= 4 is 12.0 Å². The van der Waals surface area contributed by atoms with Crippen LogP contribution in [-0.4, -0.2) is 42.6 Å². The van der Waals surface area contributed by atoms with Crippen molar-refractivity contribution in [3.05, 3.63) is 46.7 Å². The first kappa shape index (κ1) is 22.1. The van der Waals surface area contributed by atoms with Crippen LogP contribution >= 0.6 is 0 Å². The average Bonchev–Trinajstić information content (AvgIpc) is 2.67. The van der Waals surface area contributed by atoms with Gasteiger partial charge in [0.15, 0.2) is 0 Å². The first-order valence-corrected chi connectivity index (χ1v) is 10.1. The zero-order chi connectivity index (χ0) is 21.9. The Kier molecular flexibility index (Phi) is 6.70. The molecule has 0 aromatic heterocycles. The summed E-state index contributed by atoms with van der Waals surface area (Å²) in [5.74, 6) is -0.490. The topological polar surface area (TPSA) is 70.7 Å². The van der Waals surface area contributed by atoms with Gasteiger partial charge in [-0.3, -0.25) is 4.90 Å². The first-order chi connectivity index (χ1) is 14.2. The average molecular weight is 425 g/mol.